The molecule has 0 bridgehead atoms. The molecule has 0 atom stereocenters. The minimum atomic E-state index is -3.19. The zero-order valence-electron chi connectivity index (χ0n) is 10.0. The van der Waals surface area contributed by atoms with Crippen molar-refractivity contribution in [2.45, 2.75) is 11.5 Å². The summed E-state index contributed by atoms with van der Waals surface area (Å²) in [5.74, 6) is 0.557. The Morgan fingerprint density at radius 2 is 1.72 bits per heavy atom. The fourth-order valence-electron chi connectivity index (χ4n) is 1.54. The predicted octanol–water partition coefficient (Wildman–Crippen LogP) is 2.67. The first kappa shape index (κ1) is 12.6. The second kappa shape index (κ2) is 5.23. The van der Waals surface area contributed by atoms with Crippen molar-refractivity contribution >= 4 is 9.84 Å². The third-order valence-corrected chi connectivity index (χ3v) is 3.59. The third-order valence-electron chi connectivity index (χ3n) is 2.48. The molecule has 2 rings (SSSR count). The van der Waals surface area contributed by atoms with E-state index in [0.29, 0.717) is 12.4 Å². The SMILES string of the molecule is CS(=O)(=O)c1cccc(OCc2ccccc2)c1. The predicted molar refractivity (Wildman–Crippen MR) is 70.3 cm³/mol. The topological polar surface area (TPSA) is 43.4 Å². The van der Waals surface area contributed by atoms with Crippen LogP contribution >= 0.6 is 0 Å². The van der Waals surface area contributed by atoms with Crippen LogP contribution in [0.1, 0.15) is 5.56 Å². The molecule has 4 heteroatoms. The van der Waals surface area contributed by atoms with Crippen LogP contribution < -0.4 is 4.74 Å². The number of rotatable bonds is 4. The molecule has 0 heterocycles. The van der Waals surface area contributed by atoms with Crippen molar-refractivity contribution in [3.63, 3.8) is 0 Å². The van der Waals surface area contributed by atoms with Crippen LogP contribution in [0.3, 0.4) is 0 Å². The van der Waals surface area contributed by atoms with Crippen LogP contribution in [-0.4, -0.2) is 14.7 Å². The van der Waals surface area contributed by atoms with E-state index in [2.05, 4.69) is 0 Å². The van der Waals surface area contributed by atoms with Crippen LogP contribution in [0.15, 0.2) is 59.5 Å². The van der Waals surface area contributed by atoms with Crippen molar-refractivity contribution < 1.29 is 13.2 Å². The first-order valence-electron chi connectivity index (χ1n) is 5.52. The summed E-state index contributed by atoms with van der Waals surface area (Å²) in [4.78, 5) is 0.271. The van der Waals surface area contributed by atoms with Gasteiger partial charge in [0.1, 0.15) is 12.4 Å². The lowest BCUT2D eigenvalue weighted by molar-refractivity contribution is 0.305. The maximum absolute atomic E-state index is 11.4. The Hall–Kier alpha value is -1.81. The molecule has 0 aliphatic heterocycles. The molecule has 0 aromatic heterocycles. The Morgan fingerprint density at radius 1 is 1.00 bits per heavy atom. The highest BCUT2D eigenvalue weighted by atomic mass is 32.2. The lowest BCUT2D eigenvalue weighted by atomic mass is 10.2. The maximum Gasteiger partial charge on any atom is 0.175 e. The number of hydrogen-bond donors (Lipinski definition) is 0. The zero-order valence-corrected chi connectivity index (χ0v) is 10.9. The van der Waals surface area contributed by atoms with Gasteiger partial charge in [-0.05, 0) is 23.8 Å². The second-order valence-electron chi connectivity index (χ2n) is 4.02. The van der Waals surface area contributed by atoms with Crippen LogP contribution in [0.25, 0.3) is 0 Å². The molecule has 0 saturated heterocycles. The summed E-state index contributed by atoms with van der Waals surface area (Å²) < 4.78 is 28.4. The molecule has 94 valence electrons. The summed E-state index contributed by atoms with van der Waals surface area (Å²) in [7, 11) is -3.19. The molecule has 0 aliphatic rings. The highest BCUT2D eigenvalue weighted by Gasteiger charge is 2.07. The lowest BCUT2D eigenvalue weighted by Crippen LogP contribution is -1.99. The van der Waals surface area contributed by atoms with Crippen LogP contribution in [0.4, 0.5) is 0 Å². The fourth-order valence-corrected chi connectivity index (χ4v) is 2.19. The first-order valence-corrected chi connectivity index (χ1v) is 7.42. The quantitative estimate of drug-likeness (QED) is 0.850. The van der Waals surface area contributed by atoms with Gasteiger partial charge in [-0.25, -0.2) is 8.42 Å². The highest BCUT2D eigenvalue weighted by Crippen LogP contribution is 2.18. The van der Waals surface area contributed by atoms with Crippen LogP contribution in [0, 0.1) is 0 Å². The molecular weight excluding hydrogens is 248 g/mol. The molecule has 0 amide bonds. The van der Waals surface area contributed by atoms with E-state index in [1.807, 2.05) is 30.3 Å². The normalized spacial score (nSPS) is 11.2. The molecule has 0 spiro atoms. The van der Waals surface area contributed by atoms with Gasteiger partial charge in [-0.3, -0.25) is 0 Å². The maximum atomic E-state index is 11.4. The van der Waals surface area contributed by atoms with Crippen LogP contribution in [-0.2, 0) is 16.4 Å². The number of ether oxygens (including phenoxy) is 1. The third kappa shape index (κ3) is 3.34. The van der Waals surface area contributed by atoms with Gasteiger partial charge < -0.3 is 4.74 Å². The summed E-state index contributed by atoms with van der Waals surface area (Å²) in [6.45, 7) is 0.425. The van der Waals surface area contributed by atoms with E-state index in [4.69, 9.17) is 4.74 Å². The molecule has 0 unspecified atom stereocenters. The van der Waals surface area contributed by atoms with Gasteiger partial charge in [-0.1, -0.05) is 36.4 Å². The van der Waals surface area contributed by atoms with Gasteiger partial charge in [0.15, 0.2) is 9.84 Å². The summed E-state index contributed by atoms with van der Waals surface area (Å²) in [6.07, 6.45) is 1.18. The van der Waals surface area contributed by atoms with Crippen molar-refractivity contribution in [3.05, 3.63) is 60.2 Å². The Kier molecular flexibility index (Phi) is 3.67. The van der Waals surface area contributed by atoms with Gasteiger partial charge in [0, 0.05) is 6.26 Å². The largest absolute Gasteiger partial charge is 0.489 e. The monoisotopic (exact) mass is 262 g/mol. The van der Waals surface area contributed by atoms with Crippen molar-refractivity contribution in [2.24, 2.45) is 0 Å². The zero-order chi connectivity index (χ0) is 13.0. The molecule has 2 aromatic carbocycles. The Balaban J connectivity index is 2.11. The number of sulfone groups is 1. The molecular formula is C14H14O3S. The van der Waals surface area contributed by atoms with E-state index < -0.39 is 9.84 Å². The lowest BCUT2D eigenvalue weighted by Gasteiger charge is -2.07. The van der Waals surface area contributed by atoms with Crippen molar-refractivity contribution in [3.8, 4) is 5.75 Å². The first-order chi connectivity index (χ1) is 8.55. The van der Waals surface area contributed by atoms with Crippen LogP contribution in [0.2, 0.25) is 0 Å². The van der Waals surface area contributed by atoms with E-state index in [1.165, 1.54) is 12.3 Å². The second-order valence-corrected chi connectivity index (χ2v) is 6.04. The number of benzene rings is 2. The Bertz CT molecular complexity index is 618. The molecule has 0 fully saturated rings. The van der Waals surface area contributed by atoms with Gasteiger partial charge >= 0.3 is 0 Å². The number of hydrogen-bond acceptors (Lipinski definition) is 3. The van der Waals surface area contributed by atoms with E-state index in [1.54, 1.807) is 18.2 Å². The average Bonchev–Trinajstić information content (AvgIpc) is 2.37. The smallest absolute Gasteiger partial charge is 0.175 e. The minimum absolute atomic E-state index is 0.271. The van der Waals surface area contributed by atoms with Gasteiger partial charge in [-0.2, -0.15) is 0 Å². The van der Waals surface area contributed by atoms with Crippen molar-refractivity contribution in [1.29, 1.82) is 0 Å². The molecule has 0 N–H and O–H groups in total. The van der Waals surface area contributed by atoms with Gasteiger partial charge in [0.25, 0.3) is 0 Å². The summed E-state index contributed by atoms with van der Waals surface area (Å²) in [6, 6.07) is 16.3. The molecule has 0 radical (unpaired) electrons. The van der Waals surface area contributed by atoms with E-state index in [-0.39, 0.29) is 4.90 Å². The van der Waals surface area contributed by atoms with Gasteiger partial charge in [0.05, 0.1) is 4.90 Å². The van der Waals surface area contributed by atoms with Crippen molar-refractivity contribution in [1.82, 2.24) is 0 Å². The van der Waals surface area contributed by atoms with Crippen LogP contribution in [0.5, 0.6) is 5.75 Å². The Morgan fingerprint density at radius 3 is 2.39 bits per heavy atom. The molecule has 0 saturated carbocycles. The van der Waals surface area contributed by atoms with Crippen molar-refractivity contribution in [2.75, 3.05) is 6.26 Å². The molecule has 0 aliphatic carbocycles. The van der Waals surface area contributed by atoms with E-state index in [9.17, 15) is 8.42 Å². The van der Waals surface area contributed by atoms with E-state index in [0.717, 1.165) is 5.56 Å². The standard InChI is InChI=1S/C14H14O3S/c1-18(15,16)14-9-5-8-13(10-14)17-11-12-6-3-2-4-7-12/h2-10H,11H2,1H3. The van der Waals surface area contributed by atoms with Gasteiger partial charge in [0.2, 0.25) is 0 Å². The summed E-state index contributed by atoms with van der Waals surface area (Å²) in [5, 5.41) is 0. The fraction of sp³-hybridized carbons (Fsp3) is 0.143. The van der Waals surface area contributed by atoms with Gasteiger partial charge in [-0.15, -0.1) is 0 Å². The Labute approximate surface area is 107 Å². The molecule has 2 aromatic rings. The summed E-state index contributed by atoms with van der Waals surface area (Å²) >= 11 is 0. The molecule has 3 nitrogen and oxygen atoms in total. The minimum Gasteiger partial charge on any atom is -0.489 e. The van der Waals surface area contributed by atoms with E-state index >= 15 is 0 Å². The highest BCUT2D eigenvalue weighted by molar-refractivity contribution is 7.90. The summed E-state index contributed by atoms with van der Waals surface area (Å²) in [5.41, 5.74) is 1.04. The molecule has 18 heavy (non-hydrogen) atoms. The average molecular weight is 262 g/mol.